The van der Waals surface area contributed by atoms with Crippen molar-refractivity contribution in [2.75, 3.05) is 38.2 Å². The highest BCUT2D eigenvalue weighted by Crippen LogP contribution is 2.24. The average Bonchev–Trinajstić information content (AvgIpc) is 2.79. The van der Waals surface area contributed by atoms with E-state index in [4.69, 9.17) is 9.47 Å². The second kappa shape index (κ2) is 16.9. The first-order valence-corrected chi connectivity index (χ1v) is 12.7. The van der Waals surface area contributed by atoms with E-state index in [-0.39, 0.29) is 0 Å². The third-order valence-electron chi connectivity index (χ3n) is 5.97. The summed E-state index contributed by atoms with van der Waals surface area (Å²) in [5.74, 6) is 0.714. The summed E-state index contributed by atoms with van der Waals surface area (Å²) in [7, 11) is 0. The van der Waals surface area contributed by atoms with Crippen molar-refractivity contribution < 1.29 is 14.3 Å². The molecule has 31 heavy (non-hydrogen) atoms. The second-order valence-corrected chi connectivity index (χ2v) is 8.69. The van der Waals surface area contributed by atoms with Gasteiger partial charge in [0.15, 0.2) is 0 Å². The number of carbonyl (C=O) groups is 1. The standard InChI is InChI=1S/C26H44N2O3/c1-2-3-4-5-6-7-8-9-10-16-22-30-25-18-13-12-17-24(25)27-26(29)31-23-21-28-19-14-11-15-20-28/h12-13,17-18H,2-11,14-16,19-23H2,1H3,(H,27,29). The molecule has 0 spiro atoms. The fourth-order valence-corrected chi connectivity index (χ4v) is 4.06. The molecule has 0 aliphatic carbocycles. The molecule has 1 saturated heterocycles. The molecule has 1 aromatic rings. The van der Waals surface area contributed by atoms with Gasteiger partial charge in [-0.15, -0.1) is 0 Å². The van der Waals surface area contributed by atoms with Crippen LogP contribution in [0.5, 0.6) is 5.75 Å². The van der Waals surface area contributed by atoms with Crippen LogP contribution in [0.2, 0.25) is 0 Å². The van der Waals surface area contributed by atoms with Crippen LogP contribution in [0.1, 0.15) is 90.4 Å². The van der Waals surface area contributed by atoms with Crippen molar-refractivity contribution >= 4 is 11.8 Å². The van der Waals surface area contributed by atoms with Gasteiger partial charge in [0.25, 0.3) is 0 Å². The number of para-hydroxylation sites is 2. The van der Waals surface area contributed by atoms with E-state index in [1.165, 1.54) is 77.0 Å². The van der Waals surface area contributed by atoms with Crippen LogP contribution in [0.4, 0.5) is 10.5 Å². The van der Waals surface area contributed by atoms with E-state index >= 15 is 0 Å². The monoisotopic (exact) mass is 432 g/mol. The van der Waals surface area contributed by atoms with Crippen molar-refractivity contribution in [1.29, 1.82) is 0 Å². The van der Waals surface area contributed by atoms with Crippen LogP contribution < -0.4 is 10.1 Å². The third-order valence-corrected chi connectivity index (χ3v) is 5.97. The number of nitrogens with one attached hydrogen (secondary N) is 1. The topological polar surface area (TPSA) is 50.8 Å². The van der Waals surface area contributed by atoms with E-state index in [0.717, 1.165) is 26.1 Å². The summed E-state index contributed by atoms with van der Waals surface area (Å²) >= 11 is 0. The lowest BCUT2D eigenvalue weighted by Crippen LogP contribution is -2.33. The number of ether oxygens (including phenoxy) is 2. The number of anilines is 1. The van der Waals surface area contributed by atoms with Crippen molar-refractivity contribution in [2.24, 2.45) is 0 Å². The summed E-state index contributed by atoms with van der Waals surface area (Å²) in [4.78, 5) is 14.5. The first kappa shape index (κ1) is 25.5. The molecule has 2 rings (SSSR count). The number of amides is 1. The molecule has 1 heterocycles. The molecule has 0 atom stereocenters. The summed E-state index contributed by atoms with van der Waals surface area (Å²) < 4.78 is 11.3. The molecule has 0 radical (unpaired) electrons. The first-order chi connectivity index (χ1) is 15.3. The molecule has 1 fully saturated rings. The van der Waals surface area contributed by atoms with Gasteiger partial charge < -0.3 is 9.47 Å². The molecule has 1 aliphatic heterocycles. The Morgan fingerprint density at radius 3 is 2.23 bits per heavy atom. The van der Waals surface area contributed by atoms with Gasteiger partial charge in [-0.3, -0.25) is 10.2 Å². The number of hydrogen-bond acceptors (Lipinski definition) is 4. The first-order valence-electron chi connectivity index (χ1n) is 12.7. The summed E-state index contributed by atoms with van der Waals surface area (Å²) in [6.07, 6.45) is 16.5. The maximum absolute atomic E-state index is 12.2. The van der Waals surface area contributed by atoms with Gasteiger partial charge in [0.05, 0.1) is 12.3 Å². The van der Waals surface area contributed by atoms with Crippen molar-refractivity contribution in [3.8, 4) is 5.75 Å². The Morgan fingerprint density at radius 2 is 1.52 bits per heavy atom. The molecule has 0 bridgehead atoms. The number of unbranched alkanes of at least 4 members (excludes halogenated alkanes) is 9. The van der Waals surface area contributed by atoms with Gasteiger partial charge in [0, 0.05) is 6.54 Å². The molecule has 5 heteroatoms. The van der Waals surface area contributed by atoms with E-state index in [9.17, 15) is 4.79 Å². The van der Waals surface area contributed by atoms with E-state index in [1.54, 1.807) is 0 Å². The number of nitrogens with zero attached hydrogens (tertiary/aromatic N) is 1. The largest absolute Gasteiger partial charge is 0.491 e. The molecule has 5 nitrogen and oxygen atoms in total. The van der Waals surface area contributed by atoms with E-state index in [0.29, 0.717) is 24.7 Å². The summed E-state index contributed by atoms with van der Waals surface area (Å²) in [5, 5.41) is 2.83. The number of hydrogen-bond donors (Lipinski definition) is 1. The minimum absolute atomic E-state index is 0.410. The van der Waals surface area contributed by atoms with E-state index in [2.05, 4.69) is 17.1 Å². The number of rotatable bonds is 16. The number of benzene rings is 1. The minimum atomic E-state index is -0.410. The fraction of sp³-hybridized carbons (Fsp3) is 0.731. The Hall–Kier alpha value is -1.75. The van der Waals surface area contributed by atoms with Gasteiger partial charge in [-0.1, -0.05) is 83.3 Å². The SMILES string of the molecule is CCCCCCCCCCCCOc1ccccc1NC(=O)OCCN1CCCCC1. The van der Waals surface area contributed by atoms with Gasteiger partial charge in [-0.2, -0.15) is 0 Å². The van der Waals surface area contributed by atoms with Gasteiger partial charge in [-0.05, 0) is 44.5 Å². The highest BCUT2D eigenvalue weighted by atomic mass is 16.5. The predicted octanol–water partition coefficient (Wildman–Crippen LogP) is 7.02. The Morgan fingerprint density at radius 1 is 0.871 bits per heavy atom. The van der Waals surface area contributed by atoms with Gasteiger partial charge in [0.1, 0.15) is 12.4 Å². The van der Waals surface area contributed by atoms with Gasteiger partial charge in [0.2, 0.25) is 0 Å². The van der Waals surface area contributed by atoms with Crippen LogP contribution in [0, 0.1) is 0 Å². The summed E-state index contributed by atoms with van der Waals surface area (Å²) in [6, 6.07) is 7.59. The van der Waals surface area contributed by atoms with Crippen LogP contribution in [0.25, 0.3) is 0 Å². The van der Waals surface area contributed by atoms with Crippen LogP contribution in [-0.2, 0) is 4.74 Å². The average molecular weight is 433 g/mol. The van der Waals surface area contributed by atoms with Crippen molar-refractivity contribution in [2.45, 2.75) is 90.4 Å². The number of carbonyl (C=O) groups excluding carboxylic acids is 1. The predicted molar refractivity (Wildman–Crippen MR) is 129 cm³/mol. The van der Waals surface area contributed by atoms with Crippen LogP contribution in [0.3, 0.4) is 0 Å². The lowest BCUT2D eigenvalue weighted by atomic mass is 10.1. The number of piperidine rings is 1. The maximum atomic E-state index is 12.2. The van der Waals surface area contributed by atoms with Gasteiger partial charge >= 0.3 is 6.09 Å². The molecular weight excluding hydrogens is 388 g/mol. The molecule has 0 unspecified atom stereocenters. The molecule has 1 N–H and O–H groups in total. The Balaban J connectivity index is 1.54. The zero-order valence-electron chi connectivity index (χ0n) is 19.7. The second-order valence-electron chi connectivity index (χ2n) is 8.69. The number of likely N-dealkylation sites (tertiary alicyclic amines) is 1. The van der Waals surface area contributed by atoms with E-state index < -0.39 is 6.09 Å². The van der Waals surface area contributed by atoms with Gasteiger partial charge in [-0.25, -0.2) is 4.79 Å². The van der Waals surface area contributed by atoms with Crippen LogP contribution in [-0.4, -0.2) is 43.8 Å². The maximum Gasteiger partial charge on any atom is 0.411 e. The van der Waals surface area contributed by atoms with Crippen molar-refractivity contribution in [3.63, 3.8) is 0 Å². The molecular formula is C26H44N2O3. The lowest BCUT2D eigenvalue weighted by molar-refractivity contribution is 0.131. The van der Waals surface area contributed by atoms with E-state index in [1.807, 2.05) is 24.3 Å². The summed E-state index contributed by atoms with van der Waals surface area (Å²) in [6.45, 7) is 6.40. The third kappa shape index (κ3) is 12.0. The molecule has 1 aliphatic rings. The Bertz CT molecular complexity index is 588. The van der Waals surface area contributed by atoms with Crippen molar-refractivity contribution in [3.05, 3.63) is 24.3 Å². The molecule has 1 aromatic carbocycles. The molecule has 1 amide bonds. The normalized spacial score (nSPS) is 14.4. The summed E-state index contributed by atoms with van der Waals surface area (Å²) in [5.41, 5.74) is 0.678. The Kier molecular flexibility index (Phi) is 13.9. The van der Waals surface area contributed by atoms with Crippen LogP contribution >= 0.6 is 0 Å². The van der Waals surface area contributed by atoms with Crippen LogP contribution in [0.15, 0.2) is 24.3 Å². The highest BCUT2D eigenvalue weighted by molar-refractivity contribution is 5.86. The lowest BCUT2D eigenvalue weighted by Gasteiger charge is -2.25. The zero-order chi connectivity index (χ0) is 22.0. The molecule has 0 aromatic heterocycles. The molecule has 0 saturated carbocycles. The fourth-order valence-electron chi connectivity index (χ4n) is 4.06. The minimum Gasteiger partial charge on any atom is -0.491 e. The van der Waals surface area contributed by atoms with Crippen molar-refractivity contribution in [1.82, 2.24) is 4.90 Å². The Labute approximate surface area is 189 Å². The highest BCUT2D eigenvalue weighted by Gasteiger charge is 2.12. The quantitative estimate of drug-likeness (QED) is 0.285. The zero-order valence-corrected chi connectivity index (χ0v) is 19.7. The molecule has 176 valence electrons. The smallest absolute Gasteiger partial charge is 0.411 e.